The highest BCUT2D eigenvalue weighted by Gasteiger charge is 2.13. The predicted octanol–water partition coefficient (Wildman–Crippen LogP) is 5.31. The zero-order valence-electron chi connectivity index (χ0n) is 15.0. The molecule has 1 atom stereocenters. The third-order valence-corrected chi connectivity index (χ3v) is 4.17. The minimum Gasteiger partial charge on any atom is -0.507 e. The van der Waals surface area contributed by atoms with Crippen molar-refractivity contribution in [3.05, 3.63) is 28.8 Å². The van der Waals surface area contributed by atoms with E-state index in [1.54, 1.807) is 0 Å². The fourth-order valence-electron chi connectivity index (χ4n) is 2.37. The normalized spacial score (nSPS) is 11.7. The Kier molecular flexibility index (Phi) is 8.48. The molecular formula is C21H30O2. The van der Waals surface area contributed by atoms with E-state index in [0.29, 0.717) is 11.3 Å². The van der Waals surface area contributed by atoms with Crippen LogP contribution >= 0.6 is 0 Å². The molecule has 0 aromatic heterocycles. The van der Waals surface area contributed by atoms with Gasteiger partial charge in [-0.25, -0.2) is 0 Å². The Morgan fingerprint density at radius 3 is 2.04 bits per heavy atom. The first-order chi connectivity index (χ1) is 11.0. The highest BCUT2D eigenvalue weighted by Crippen LogP contribution is 2.28. The number of benzene rings is 1. The molecule has 1 aromatic rings. The summed E-state index contributed by atoms with van der Waals surface area (Å²) in [6.45, 7) is 8.34. The van der Waals surface area contributed by atoms with Crippen LogP contribution in [-0.2, 0) is 12.8 Å². The maximum atomic E-state index is 12.4. The van der Waals surface area contributed by atoms with E-state index in [4.69, 9.17) is 0 Å². The first kappa shape index (κ1) is 19.3. The number of phenols is 1. The fourth-order valence-corrected chi connectivity index (χ4v) is 2.37. The van der Waals surface area contributed by atoms with Crippen molar-refractivity contribution in [2.24, 2.45) is 5.92 Å². The number of rotatable bonds is 8. The molecule has 2 nitrogen and oxygen atoms in total. The van der Waals surface area contributed by atoms with Crippen molar-refractivity contribution in [3.8, 4) is 17.6 Å². The zero-order valence-corrected chi connectivity index (χ0v) is 15.0. The molecule has 0 aliphatic heterocycles. The summed E-state index contributed by atoms with van der Waals surface area (Å²) in [7, 11) is 0. The molecule has 23 heavy (non-hydrogen) atoms. The van der Waals surface area contributed by atoms with E-state index in [2.05, 4.69) is 32.6 Å². The highest BCUT2D eigenvalue weighted by atomic mass is 16.3. The third kappa shape index (κ3) is 6.10. The largest absolute Gasteiger partial charge is 0.507 e. The third-order valence-electron chi connectivity index (χ3n) is 4.17. The van der Waals surface area contributed by atoms with Crippen molar-refractivity contribution >= 4 is 5.78 Å². The number of carbonyl (C=O) groups excluding carboxylic acids is 1. The second-order valence-electron chi connectivity index (χ2n) is 6.26. The lowest BCUT2D eigenvalue weighted by Crippen LogP contribution is -2.02. The molecule has 0 saturated heterocycles. The van der Waals surface area contributed by atoms with Gasteiger partial charge in [-0.1, -0.05) is 46.5 Å². The van der Waals surface area contributed by atoms with Gasteiger partial charge in [-0.2, -0.15) is 0 Å². The predicted molar refractivity (Wildman–Crippen MR) is 96.9 cm³/mol. The molecule has 0 amide bonds. The second kappa shape index (κ2) is 10.1. The van der Waals surface area contributed by atoms with E-state index in [9.17, 15) is 9.90 Å². The van der Waals surface area contributed by atoms with Crippen molar-refractivity contribution in [1.29, 1.82) is 0 Å². The van der Waals surface area contributed by atoms with Gasteiger partial charge >= 0.3 is 0 Å². The van der Waals surface area contributed by atoms with Crippen LogP contribution in [0.4, 0.5) is 0 Å². The number of hydrogen-bond donors (Lipinski definition) is 1. The molecular weight excluding hydrogens is 284 g/mol. The van der Waals surface area contributed by atoms with E-state index in [1.165, 1.54) is 0 Å². The summed E-state index contributed by atoms with van der Waals surface area (Å²) in [4.78, 5) is 12.4. The number of aromatic hydroxyl groups is 1. The minimum atomic E-state index is -0.138. The Morgan fingerprint density at radius 1 is 1.09 bits per heavy atom. The van der Waals surface area contributed by atoms with Gasteiger partial charge in [0.25, 0.3) is 0 Å². The van der Waals surface area contributed by atoms with Crippen molar-refractivity contribution in [3.63, 3.8) is 0 Å². The molecule has 0 aliphatic carbocycles. The highest BCUT2D eigenvalue weighted by molar-refractivity contribution is 6.09. The van der Waals surface area contributed by atoms with E-state index >= 15 is 0 Å². The van der Waals surface area contributed by atoms with Crippen LogP contribution in [0.3, 0.4) is 0 Å². The average molecular weight is 314 g/mol. The molecule has 0 fully saturated rings. The summed E-state index contributed by atoms with van der Waals surface area (Å²) in [5.74, 6) is 6.24. The summed E-state index contributed by atoms with van der Waals surface area (Å²) in [5.41, 5.74) is 2.39. The van der Waals surface area contributed by atoms with Crippen LogP contribution in [0.5, 0.6) is 5.75 Å². The molecule has 0 spiro atoms. The van der Waals surface area contributed by atoms with Gasteiger partial charge in [0.1, 0.15) is 5.75 Å². The zero-order chi connectivity index (χ0) is 17.2. The smallest absolute Gasteiger partial charge is 0.235 e. The van der Waals surface area contributed by atoms with Crippen molar-refractivity contribution in [2.45, 2.75) is 72.6 Å². The Morgan fingerprint density at radius 2 is 1.61 bits per heavy atom. The summed E-state index contributed by atoms with van der Waals surface area (Å²) < 4.78 is 0. The SMILES string of the molecule is CCCCc1cc(C(=O)C#C[C@H](C)CC)cc(CCCC)c1O. The monoisotopic (exact) mass is 314 g/mol. The molecule has 126 valence electrons. The van der Waals surface area contributed by atoms with E-state index in [0.717, 1.165) is 56.1 Å². The lowest BCUT2D eigenvalue weighted by molar-refractivity contribution is 0.105. The van der Waals surface area contributed by atoms with Gasteiger partial charge in [-0.15, -0.1) is 0 Å². The van der Waals surface area contributed by atoms with Crippen LogP contribution in [0, 0.1) is 17.8 Å². The number of hydrogen-bond acceptors (Lipinski definition) is 2. The van der Waals surface area contributed by atoms with Gasteiger partial charge in [0.05, 0.1) is 0 Å². The first-order valence-electron chi connectivity index (χ1n) is 8.94. The molecule has 2 heteroatoms. The van der Waals surface area contributed by atoms with Crippen LogP contribution < -0.4 is 0 Å². The van der Waals surface area contributed by atoms with E-state index < -0.39 is 0 Å². The molecule has 0 aliphatic rings. The molecule has 1 N–H and O–H groups in total. The van der Waals surface area contributed by atoms with E-state index in [-0.39, 0.29) is 11.7 Å². The Hall–Kier alpha value is -1.75. The lowest BCUT2D eigenvalue weighted by atomic mass is 9.95. The summed E-state index contributed by atoms with van der Waals surface area (Å²) >= 11 is 0. The summed E-state index contributed by atoms with van der Waals surface area (Å²) in [6, 6.07) is 3.65. The summed E-state index contributed by atoms with van der Waals surface area (Å²) in [6.07, 6.45) is 6.71. The van der Waals surface area contributed by atoms with Crippen molar-refractivity contribution in [2.75, 3.05) is 0 Å². The van der Waals surface area contributed by atoms with Crippen LogP contribution in [0.2, 0.25) is 0 Å². The molecule has 0 heterocycles. The second-order valence-corrected chi connectivity index (χ2v) is 6.26. The number of aryl methyl sites for hydroxylation is 2. The first-order valence-corrected chi connectivity index (χ1v) is 8.94. The fraction of sp³-hybridized carbons (Fsp3) is 0.571. The standard InChI is InChI=1S/C21H30O2/c1-5-8-10-17-14-19(20(22)13-12-16(4)7-3)15-18(21(17)23)11-9-6-2/h14-16,23H,5-11H2,1-4H3/t16-/m1/s1. The Bertz CT molecular complexity index is 546. The molecule has 0 bridgehead atoms. The van der Waals surface area contributed by atoms with Crippen LogP contribution in [0.1, 0.15) is 81.3 Å². The molecule has 0 saturated carbocycles. The van der Waals surface area contributed by atoms with Gasteiger partial charge < -0.3 is 5.11 Å². The van der Waals surface area contributed by atoms with Gasteiger partial charge in [0, 0.05) is 11.5 Å². The molecule has 0 radical (unpaired) electrons. The summed E-state index contributed by atoms with van der Waals surface area (Å²) in [5, 5.41) is 10.5. The molecule has 1 rings (SSSR count). The Balaban J connectivity index is 3.13. The number of ketones is 1. The number of carbonyl (C=O) groups is 1. The molecule has 1 aromatic carbocycles. The quantitative estimate of drug-likeness (QED) is 0.401. The minimum absolute atomic E-state index is 0.138. The molecule has 0 unspecified atom stereocenters. The van der Waals surface area contributed by atoms with Gasteiger partial charge in [0.2, 0.25) is 5.78 Å². The lowest BCUT2D eigenvalue weighted by Gasteiger charge is -2.11. The van der Waals surface area contributed by atoms with Gasteiger partial charge in [-0.3, -0.25) is 4.79 Å². The Labute approximate surface area is 141 Å². The van der Waals surface area contributed by atoms with Crippen molar-refractivity contribution in [1.82, 2.24) is 0 Å². The van der Waals surface area contributed by atoms with Crippen molar-refractivity contribution < 1.29 is 9.90 Å². The van der Waals surface area contributed by atoms with Gasteiger partial charge in [0.15, 0.2) is 0 Å². The van der Waals surface area contributed by atoms with E-state index in [1.807, 2.05) is 19.1 Å². The maximum Gasteiger partial charge on any atom is 0.235 e. The maximum absolute atomic E-state index is 12.4. The van der Waals surface area contributed by atoms with Crippen LogP contribution in [-0.4, -0.2) is 10.9 Å². The number of phenolic OH excluding ortho intramolecular Hbond substituents is 1. The number of unbranched alkanes of at least 4 members (excludes halogenated alkanes) is 2. The average Bonchev–Trinajstić information content (AvgIpc) is 2.57. The number of Topliss-reactive ketones (excluding diaryl/α,β-unsaturated/α-hetero) is 1. The van der Waals surface area contributed by atoms with Crippen LogP contribution in [0.15, 0.2) is 12.1 Å². The topological polar surface area (TPSA) is 37.3 Å². The van der Waals surface area contributed by atoms with Crippen LogP contribution in [0.25, 0.3) is 0 Å². The van der Waals surface area contributed by atoms with Gasteiger partial charge in [-0.05, 0) is 61.3 Å².